The highest BCUT2D eigenvalue weighted by atomic mass is 32.2. The Balaban J connectivity index is 2.90. The highest BCUT2D eigenvalue weighted by molar-refractivity contribution is 7.84. The smallest absolute Gasteiger partial charge is 0.370 e. The second kappa shape index (κ2) is 3.60. The summed E-state index contributed by atoms with van der Waals surface area (Å²) >= 11 is 0. The normalized spacial score (nSPS) is 10.9. The first-order valence-electron chi connectivity index (χ1n) is 3.32. The molecule has 0 saturated heterocycles. The van der Waals surface area contributed by atoms with Gasteiger partial charge in [0.1, 0.15) is 5.75 Å². The summed E-state index contributed by atoms with van der Waals surface area (Å²) in [6, 6.07) is 4.37. The van der Waals surface area contributed by atoms with Crippen molar-refractivity contribution in [3.8, 4) is 5.75 Å². The van der Waals surface area contributed by atoms with Gasteiger partial charge in [-0.05, 0) is 12.1 Å². The van der Waals surface area contributed by atoms with E-state index in [0.717, 1.165) is 24.3 Å². The highest BCUT2D eigenvalue weighted by Crippen LogP contribution is 2.17. The van der Waals surface area contributed by atoms with E-state index in [0.29, 0.717) is 0 Å². The van der Waals surface area contributed by atoms with Crippen LogP contribution in [0, 0.1) is 10.1 Å². The van der Waals surface area contributed by atoms with Crippen molar-refractivity contribution in [1.82, 2.24) is 5.14 Å². The lowest BCUT2D eigenvalue weighted by Gasteiger charge is -1.99. The van der Waals surface area contributed by atoms with Gasteiger partial charge < -0.3 is 4.18 Å². The molecule has 1 aromatic rings. The molecule has 14 heavy (non-hydrogen) atoms. The van der Waals surface area contributed by atoms with Crippen LogP contribution in [0.5, 0.6) is 5.75 Å². The van der Waals surface area contributed by atoms with Crippen LogP contribution in [-0.4, -0.2) is 13.3 Å². The van der Waals surface area contributed by atoms with Crippen LogP contribution in [0.2, 0.25) is 0 Å². The molecule has 0 fully saturated rings. The van der Waals surface area contributed by atoms with Crippen molar-refractivity contribution in [2.45, 2.75) is 0 Å². The molecule has 0 bridgehead atoms. The average molecular weight is 217 g/mol. The molecule has 0 aromatic heterocycles. The van der Waals surface area contributed by atoms with E-state index in [4.69, 9.17) is 5.14 Å². The Morgan fingerprint density at radius 2 is 1.79 bits per heavy atom. The standard InChI is InChI=1S/C6H5N2O5S/c7-14(11,12)13-6-3-1-5(2-4-6)8(9)10/h1-4,7H. The first-order valence-corrected chi connectivity index (χ1v) is 4.73. The number of nitrogens with one attached hydrogen (secondary N) is 1. The minimum atomic E-state index is -4.33. The summed E-state index contributed by atoms with van der Waals surface area (Å²) in [7, 11) is -4.33. The van der Waals surface area contributed by atoms with Crippen LogP contribution in [-0.2, 0) is 10.3 Å². The topological polar surface area (TPSA) is 110 Å². The van der Waals surface area contributed by atoms with Crippen molar-refractivity contribution in [3.63, 3.8) is 0 Å². The predicted molar refractivity (Wildman–Crippen MR) is 45.7 cm³/mol. The summed E-state index contributed by atoms with van der Waals surface area (Å²) in [6.45, 7) is 0. The lowest BCUT2D eigenvalue weighted by molar-refractivity contribution is -0.384. The van der Waals surface area contributed by atoms with Crippen molar-refractivity contribution in [1.29, 1.82) is 0 Å². The van der Waals surface area contributed by atoms with Gasteiger partial charge in [0.05, 0.1) is 4.92 Å². The van der Waals surface area contributed by atoms with Gasteiger partial charge in [-0.2, -0.15) is 8.42 Å². The molecule has 0 aliphatic rings. The number of nitro benzene ring substituents is 1. The Morgan fingerprint density at radius 1 is 1.29 bits per heavy atom. The first kappa shape index (κ1) is 10.4. The number of hydrogen-bond acceptors (Lipinski definition) is 5. The molecule has 0 heterocycles. The molecule has 1 rings (SSSR count). The number of non-ortho nitro benzene ring substituents is 1. The van der Waals surface area contributed by atoms with Crippen LogP contribution >= 0.6 is 0 Å². The highest BCUT2D eigenvalue weighted by Gasteiger charge is 2.08. The van der Waals surface area contributed by atoms with Crippen LogP contribution in [0.3, 0.4) is 0 Å². The number of nitrogens with zero attached hydrogens (tertiary/aromatic N) is 1. The van der Waals surface area contributed by atoms with Gasteiger partial charge in [0.15, 0.2) is 0 Å². The summed E-state index contributed by atoms with van der Waals surface area (Å²) < 4.78 is 24.8. The van der Waals surface area contributed by atoms with Crippen LogP contribution in [0.15, 0.2) is 24.3 Å². The Morgan fingerprint density at radius 3 is 2.14 bits per heavy atom. The van der Waals surface area contributed by atoms with Gasteiger partial charge in [-0.15, -0.1) is 5.14 Å². The van der Waals surface area contributed by atoms with Gasteiger partial charge in [0, 0.05) is 12.1 Å². The van der Waals surface area contributed by atoms with Gasteiger partial charge in [-0.3, -0.25) is 10.1 Å². The van der Waals surface area contributed by atoms with Crippen molar-refractivity contribution >= 4 is 16.0 Å². The molecule has 0 aliphatic heterocycles. The average Bonchev–Trinajstić information content (AvgIpc) is 2.02. The molecule has 1 aromatic carbocycles. The number of hydrogen-bond donors (Lipinski definition) is 0. The van der Waals surface area contributed by atoms with E-state index < -0.39 is 15.2 Å². The Kier molecular flexibility index (Phi) is 2.68. The van der Waals surface area contributed by atoms with E-state index in [1.165, 1.54) is 0 Å². The minimum Gasteiger partial charge on any atom is -0.370 e. The quantitative estimate of drug-likeness (QED) is 0.540. The van der Waals surface area contributed by atoms with Gasteiger partial charge >= 0.3 is 10.3 Å². The molecule has 1 radical (unpaired) electrons. The molecular formula is C6H5N2O5S. The number of benzene rings is 1. The number of nitro groups is 1. The third-order valence-electron chi connectivity index (χ3n) is 1.25. The molecule has 0 amide bonds. The van der Waals surface area contributed by atoms with Crippen LogP contribution in [0.25, 0.3) is 0 Å². The van der Waals surface area contributed by atoms with Gasteiger partial charge in [-0.25, -0.2) is 0 Å². The molecular weight excluding hydrogens is 212 g/mol. The lowest BCUT2D eigenvalue weighted by atomic mass is 10.3. The van der Waals surface area contributed by atoms with E-state index in [-0.39, 0.29) is 11.4 Å². The molecule has 75 valence electrons. The summed E-state index contributed by atoms with van der Waals surface area (Å²) in [5.74, 6) is -0.134. The van der Waals surface area contributed by atoms with Crippen LogP contribution in [0.4, 0.5) is 5.69 Å². The Bertz CT molecular complexity index is 438. The van der Waals surface area contributed by atoms with Crippen LogP contribution < -0.4 is 9.32 Å². The van der Waals surface area contributed by atoms with E-state index in [1.807, 2.05) is 0 Å². The fraction of sp³-hybridized carbons (Fsp3) is 0. The number of rotatable bonds is 3. The fourth-order valence-electron chi connectivity index (χ4n) is 0.750. The zero-order valence-electron chi connectivity index (χ0n) is 6.71. The summed E-state index contributed by atoms with van der Waals surface area (Å²) in [5.41, 5.74) is -0.181. The molecule has 0 spiro atoms. The molecule has 0 aliphatic carbocycles. The maximum absolute atomic E-state index is 10.3. The predicted octanol–water partition coefficient (Wildman–Crippen LogP) is 0.501. The van der Waals surface area contributed by atoms with Crippen molar-refractivity contribution in [2.75, 3.05) is 0 Å². The first-order chi connectivity index (χ1) is 6.38. The Labute approximate surface area is 79.5 Å². The lowest BCUT2D eigenvalue weighted by Crippen LogP contribution is -2.08. The zero-order valence-corrected chi connectivity index (χ0v) is 7.52. The van der Waals surface area contributed by atoms with Gasteiger partial charge in [0.2, 0.25) is 0 Å². The fourth-order valence-corrected chi connectivity index (χ4v) is 1.11. The maximum atomic E-state index is 10.3. The summed E-state index contributed by atoms with van der Waals surface area (Å²) in [6.07, 6.45) is 0. The molecule has 7 nitrogen and oxygen atoms in total. The maximum Gasteiger partial charge on any atom is 0.396 e. The largest absolute Gasteiger partial charge is 0.396 e. The minimum absolute atomic E-state index is 0.134. The molecule has 0 atom stereocenters. The van der Waals surface area contributed by atoms with Crippen molar-refractivity contribution in [3.05, 3.63) is 34.4 Å². The van der Waals surface area contributed by atoms with Crippen molar-refractivity contribution in [2.24, 2.45) is 0 Å². The van der Waals surface area contributed by atoms with Crippen LogP contribution in [0.1, 0.15) is 0 Å². The van der Waals surface area contributed by atoms with E-state index >= 15 is 0 Å². The van der Waals surface area contributed by atoms with Crippen molar-refractivity contribution < 1.29 is 17.5 Å². The third-order valence-corrected chi connectivity index (χ3v) is 1.67. The molecule has 0 unspecified atom stereocenters. The zero-order chi connectivity index (χ0) is 10.8. The molecule has 0 saturated carbocycles. The molecule has 1 N–H and O–H groups in total. The van der Waals surface area contributed by atoms with E-state index in [9.17, 15) is 18.5 Å². The van der Waals surface area contributed by atoms with Gasteiger partial charge in [-0.1, -0.05) is 0 Å². The second-order valence-corrected chi connectivity index (χ2v) is 3.36. The monoisotopic (exact) mass is 217 g/mol. The summed E-state index contributed by atoms with van der Waals surface area (Å²) in [5, 5.41) is 16.6. The van der Waals surface area contributed by atoms with E-state index in [1.54, 1.807) is 0 Å². The second-order valence-electron chi connectivity index (χ2n) is 2.29. The SMILES string of the molecule is [NH]S(=O)(=O)Oc1ccc([N+](=O)[O-])cc1. The Hall–Kier alpha value is -1.67. The molecule has 8 heteroatoms. The van der Waals surface area contributed by atoms with Gasteiger partial charge in [0.25, 0.3) is 5.69 Å². The van der Waals surface area contributed by atoms with E-state index in [2.05, 4.69) is 4.18 Å². The third kappa shape index (κ3) is 2.99. The summed E-state index contributed by atoms with van der Waals surface area (Å²) in [4.78, 5) is 9.58.